The van der Waals surface area contributed by atoms with Gasteiger partial charge < -0.3 is 4.74 Å². The van der Waals surface area contributed by atoms with Gasteiger partial charge in [0.25, 0.3) is 0 Å². The van der Waals surface area contributed by atoms with Gasteiger partial charge in [-0.15, -0.1) is 0 Å². The SMILES string of the molecule is CCOC(=O)/C=C/c1cn(Cc2ccccc2)nc1-c1cccnc1. The number of hydrogen-bond acceptors (Lipinski definition) is 4. The van der Waals surface area contributed by atoms with E-state index in [-0.39, 0.29) is 5.97 Å². The molecule has 0 saturated carbocycles. The Morgan fingerprint density at radius 2 is 2.04 bits per heavy atom. The topological polar surface area (TPSA) is 57.0 Å². The summed E-state index contributed by atoms with van der Waals surface area (Å²) >= 11 is 0. The van der Waals surface area contributed by atoms with Crippen LogP contribution in [0, 0.1) is 0 Å². The predicted molar refractivity (Wildman–Crippen MR) is 96.7 cm³/mol. The van der Waals surface area contributed by atoms with Crippen molar-refractivity contribution in [3.8, 4) is 11.3 Å². The fourth-order valence-corrected chi connectivity index (χ4v) is 2.49. The van der Waals surface area contributed by atoms with Crippen LogP contribution < -0.4 is 0 Å². The summed E-state index contributed by atoms with van der Waals surface area (Å²) in [6, 6.07) is 13.9. The molecule has 0 unspecified atom stereocenters. The molecule has 0 amide bonds. The quantitative estimate of drug-likeness (QED) is 0.511. The third kappa shape index (κ3) is 4.41. The minimum atomic E-state index is -0.365. The van der Waals surface area contributed by atoms with Crippen molar-refractivity contribution in [1.82, 2.24) is 14.8 Å². The van der Waals surface area contributed by atoms with Crippen molar-refractivity contribution in [2.45, 2.75) is 13.5 Å². The second-order valence-electron chi connectivity index (χ2n) is 5.44. The highest BCUT2D eigenvalue weighted by molar-refractivity contribution is 5.88. The first-order valence-corrected chi connectivity index (χ1v) is 8.13. The molecule has 25 heavy (non-hydrogen) atoms. The van der Waals surface area contributed by atoms with Crippen LogP contribution in [0.15, 0.2) is 67.1 Å². The molecule has 126 valence electrons. The number of benzene rings is 1. The van der Waals surface area contributed by atoms with E-state index in [1.807, 2.05) is 41.2 Å². The van der Waals surface area contributed by atoms with Crippen LogP contribution in [0.4, 0.5) is 0 Å². The first-order chi connectivity index (χ1) is 12.3. The number of hydrogen-bond donors (Lipinski definition) is 0. The number of carbonyl (C=O) groups is 1. The van der Waals surface area contributed by atoms with E-state index >= 15 is 0 Å². The maximum atomic E-state index is 11.6. The van der Waals surface area contributed by atoms with Gasteiger partial charge in [-0.2, -0.15) is 5.10 Å². The van der Waals surface area contributed by atoms with E-state index in [1.165, 1.54) is 6.08 Å². The van der Waals surface area contributed by atoms with Crippen molar-refractivity contribution in [2.24, 2.45) is 0 Å². The molecule has 3 aromatic rings. The highest BCUT2D eigenvalue weighted by Crippen LogP contribution is 2.23. The first-order valence-electron chi connectivity index (χ1n) is 8.13. The average Bonchev–Trinajstić information content (AvgIpc) is 3.04. The second-order valence-corrected chi connectivity index (χ2v) is 5.44. The van der Waals surface area contributed by atoms with Crippen LogP contribution in [0.25, 0.3) is 17.3 Å². The zero-order valence-corrected chi connectivity index (χ0v) is 14.0. The van der Waals surface area contributed by atoms with Gasteiger partial charge in [0.15, 0.2) is 0 Å². The Bertz CT molecular complexity index is 855. The Balaban J connectivity index is 1.92. The van der Waals surface area contributed by atoms with E-state index in [0.29, 0.717) is 13.2 Å². The molecule has 2 heterocycles. The van der Waals surface area contributed by atoms with Crippen LogP contribution in [-0.2, 0) is 16.1 Å². The van der Waals surface area contributed by atoms with Crippen molar-refractivity contribution >= 4 is 12.0 Å². The van der Waals surface area contributed by atoms with E-state index in [0.717, 1.165) is 22.4 Å². The molecule has 2 aromatic heterocycles. The highest BCUT2D eigenvalue weighted by atomic mass is 16.5. The fraction of sp³-hybridized carbons (Fsp3) is 0.150. The van der Waals surface area contributed by atoms with Gasteiger partial charge in [-0.25, -0.2) is 4.79 Å². The molecule has 0 saturated heterocycles. The van der Waals surface area contributed by atoms with E-state index in [4.69, 9.17) is 4.74 Å². The molecule has 0 spiro atoms. The zero-order valence-electron chi connectivity index (χ0n) is 14.0. The van der Waals surface area contributed by atoms with Crippen molar-refractivity contribution in [1.29, 1.82) is 0 Å². The second kappa shape index (κ2) is 8.06. The molecule has 0 aliphatic rings. The molecule has 0 N–H and O–H groups in total. The largest absolute Gasteiger partial charge is 0.463 e. The van der Waals surface area contributed by atoms with Crippen LogP contribution in [-0.4, -0.2) is 27.3 Å². The summed E-state index contributed by atoms with van der Waals surface area (Å²) in [7, 11) is 0. The van der Waals surface area contributed by atoms with E-state index < -0.39 is 0 Å². The predicted octanol–water partition coefficient (Wildman–Crippen LogP) is 3.57. The third-order valence-corrected chi connectivity index (χ3v) is 3.60. The normalized spacial score (nSPS) is 10.9. The lowest BCUT2D eigenvalue weighted by atomic mass is 10.1. The lowest BCUT2D eigenvalue weighted by molar-refractivity contribution is -0.137. The van der Waals surface area contributed by atoms with Crippen LogP contribution >= 0.6 is 0 Å². The maximum Gasteiger partial charge on any atom is 0.330 e. The van der Waals surface area contributed by atoms with Gasteiger partial charge in [-0.05, 0) is 30.7 Å². The van der Waals surface area contributed by atoms with Gasteiger partial charge in [-0.3, -0.25) is 9.67 Å². The van der Waals surface area contributed by atoms with E-state index in [1.54, 1.807) is 25.4 Å². The van der Waals surface area contributed by atoms with E-state index in [9.17, 15) is 4.79 Å². The Hall–Kier alpha value is -3.21. The lowest BCUT2D eigenvalue weighted by Crippen LogP contribution is -2.00. The number of ether oxygens (including phenoxy) is 1. The zero-order chi connectivity index (χ0) is 17.5. The standard InChI is InChI=1S/C20H19N3O2/c1-2-25-19(24)11-10-18-15-23(14-16-7-4-3-5-8-16)22-20(18)17-9-6-12-21-13-17/h3-13,15H,2,14H2,1H3/b11-10+. The van der Waals surface area contributed by atoms with Gasteiger partial charge in [-0.1, -0.05) is 30.3 Å². The highest BCUT2D eigenvalue weighted by Gasteiger charge is 2.10. The Kier molecular flexibility index (Phi) is 5.36. The van der Waals surface area contributed by atoms with Crippen LogP contribution in [0.3, 0.4) is 0 Å². The minimum Gasteiger partial charge on any atom is -0.463 e. The molecule has 5 heteroatoms. The minimum absolute atomic E-state index is 0.353. The van der Waals surface area contributed by atoms with Crippen molar-refractivity contribution in [3.63, 3.8) is 0 Å². The number of rotatable bonds is 6. The maximum absolute atomic E-state index is 11.6. The molecule has 3 rings (SSSR count). The summed E-state index contributed by atoms with van der Waals surface area (Å²) in [5.74, 6) is -0.365. The smallest absolute Gasteiger partial charge is 0.330 e. The van der Waals surface area contributed by atoms with Gasteiger partial charge in [0.05, 0.1) is 13.2 Å². The molecule has 5 nitrogen and oxygen atoms in total. The van der Waals surface area contributed by atoms with Crippen molar-refractivity contribution < 1.29 is 9.53 Å². The molecule has 0 fully saturated rings. The fourth-order valence-electron chi connectivity index (χ4n) is 2.49. The summed E-state index contributed by atoms with van der Waals surface area (Å²) < 4.78 is 6.81. The summed E-state index contributed by atoms with van der Waals surface area (Å²) in [6.07, 6.45) is 8.56. The van der Waals surface area contributed by atoms with Crippen molar-refractivity contribution in [3.05, 3.63) is 78.3 Å². The molecule has 0 aliphatic carbocycles. The average molecular weight is 333 g/mol. The van der Waals surface area contributed by atoms with E-state index in [2.05, 4.69) is 22.2 Å². The Morgan fingerprint density at radius 3 is 2.76 bits per heavy atom. The molecule has 0 aliphatic heterocycles. The summed E-state index contributed by atoms with van der Waals surface area (Å²) in [5.41, 5.74) is 3.68. The van der Waals surface area contributed by atoms with Crippen LogP contribution in [0.1, 0.15) is 18.1 Å². The molecule has 1 aromatic carbocycles. The van der Waals surface area contributed by atoms with Crippen LogP contribution in [0.5, 0.6) is 0 Å². The van der Waals surface area contributed by atoms with Crippen LogP contribution in [0.2, 0.25) is 0 Å². The van der Waals surface area contributed by atoms with Gasteiger partial charge >= 0.3 is 5.97 Å². The summed E-state index contributed by atoms with van der Waals surface area (Å²) in [5, 5.41) is 4.67. The number of carbonyl (C=O) groups excluding carboxylic acids is 1. The number of esters is 1. The molecular formula is C20H19N3O2. The molecule has 0 bridgehead atoms. The Morgan fingerprint density at radius 1 is 1.20 bits per heavy atom. The number of nitrogens with zero attached hydrogens (tertiary/aromatic N) is 3. The number of aromatic nitrogens is 3. The first kappa shape index (κ1) is 16.6. The molecule has 0 radical (unpaired) electrons. The summed E-state index contributed by atoms with van der Waals surface area (Å²) in [6.45, 7) is 2.79. The third-order valence-electron chi connectivity index (χ3n) is 3.60. The molecule has 0 atom stereocenters. The van der Waals surface area contributed by atoms with Gasteiger partial charge in [0.2, 0.25) is 0 Å². The monoisotopic (exact) mass is 333 g/mol. The lowest BCUT2D eigenvalue weighted by Gasteiger charge is -2.01. The van der Waals surface area contributed by atoms with Gasteiger partial charge in [0.1, 0.15) is 5.69 Å². The Labute approximate surface area is 146 Å². The molecular weight excluding hydrogens is 314 g/mol. The van der Waals surface area contributed by atoms with Crippen molar-refractivity contribution in [2.75, 3.05) is 6.61 Å². The number of pyridine rings is 1. The summed E-state index contributed by atoms with van der Waals surface area (Å²) in [4.78, 5) is 15.8. The van der Waals surface area contributed by atoms with Gasteiger partial charge in [0, 0.05) is 35.8 Å².